The molecule has 0 spiro atoms. The summed E-state index contributed by atoms with van der Waals surface area (Å²) in [6.45, 7) is 2.71. The van der Waals surface area contributed by atoms with E-state index >= 15 is 0 Å². The monoisotopic (exact) mass is 296 g/mol. The molecule has 0 heterocycles. The van der Waals surface area contributed by atoms with Crippen LogP contribution in [0.4, 0.5) is 0 Å². The molecule has 0 unspecified atom stereocenters. The molecule has 0 aromatic heterocycles. The third-order valence-electron chi connectivity index (χ3n) is 2.52. The van der Waals surface area contributed by atoms with Crippen molar-refractivity contribution >= 4 is 23.8 Å². The SMILES string of the molecule is CCSCCCOc1c(/C=C/C(=O)O)cccc1OC. The highest BCUT2D eigenvalue weighted by Gasteiger charge is 2.08. The lowest BCUT2D eigenvalue weighted by atomic mass is 10.1. The molecule has 0 aliphatic heterocycles. The fourth-order valence-electron chi connectivity index (χ4n) is 1.62. The highest BCUT2D eigenvalue weighted by atomic mass is 32.2. The van der Waals surface area contributed by atoms with Crippen LogP contribution in [0.1, 0.15) is 18.9 Å². The Morgan fingerprint density at radius 3 is 2.90 bits per heavy atom. The number of carboxylic acid groups (broad SMARTS) is 1. The average molecular weight is 296 g/mol. The maximum atomic E-state index is 10.6. The van der Waals surface area contributed by atoms with Crippen LogP contribution in [0, 0.1) is 0 Å². The number of carboxylic acids is 1. The van der Waals surface area contributed by atoms with Crippen molar-refractivity contribution in [3.8, 4) is 11.5 Å². The van der Waals surface area contributed by atoms with Crippen molar-refractivity contribution in [3.05, 3.63) is 29.8 Å². The van der Waals surface area contributed by atoms with Gasteiger partial charge in [-0.25, -0.2) is 4.79 Å². The molecular weight excluding hydrogens is 276 g/mol. The number of ether oxygens (including phenoxy) is 2. The van der Waals surface area contributed by atoms with E-state index in [1.807, 2.05) is 11.8 Å². The number of thioether (sulfide) groups is 1. The summed E-state index contributed by atoms with van der Waals surface area (Å²) < 4.78 is 11.0. The van der Waals surface area contributed by atoms with Crippen molar-refractivity contribution in [2.24, 2.45) is 0 Å². The summed E-state index contributed by atoms with van der Waals surface area (Å²) in [6.07, 6.45) is 3.55. The molecule has 1 rings (SSSR count). The Labute approximate surface area is 123 Å². The van der Waals surface area contributed by atoms with E-state index < -0.39 is 5.97 Å². The van der Waals surface area contributed by atoms with Crippen LogP contribution < -0.4 is 9.47 Å². The van der Waals surface area contributed by atoms with Gasteiger partial charge in [0, 0.05) is 11.6 Å². The first kappa shape index (κ1) is 16.4. The molecule has 0 saturated carbocycles. The summed E-state index contributed by atoms with van der Waals surface area (Å²) in [5.41, 5.74) is 0.704. The molecule has 0 saturated heterocycles. The lowest BCUT2D eigenvalue weighted by molar-refractivity contribution is -0.131. The Hall–Kier alpha value is -1.62. The predicted octanol–water partition coefficient (Wildman–Crippen LogP) is 3.32. The van der Waals surface area contributed by atoms with Gasteiger partial charge < -0.3 is 14.6 Å². The first-order valence-electron chi connectivity index (χ1n) is 6.47. The highest BCUT2D eigenvalue weighted by molar-refractivity contribution is 7.99. The molecule has 5 heteroatoms. The number of carbonyl (C=O) groups is 1. The Balaban J connectivity index is 2.76. The highest BCUT2D eigenvalue weighted by Crippen LogP contribution is 2.32. The summed E-state index contributed by atoms with van der Waals surface area (Å²) in [6, 6.07) is 5.41. The quantitative estimate of drug-likeness (QED) is 0.559. The van der Waals surface area contributed by atoms with E-state index in [-0.39, 0.29) is 0 Å². The van der Waals surface area contributed by atoms with E-state index in [1.54, 1.807) is 25.3 Å². The van der Waals surface area contributed by atoms with Crippen LogP contribution in [-0.4, -0.2) is 36.3 Å². The third-order valence-corrected chi connectivity index (χ3v) is 3.50. The topological polar surface area (TPSA) is 55.8 Å². The van der Waals surface area contributed by atoms with Gasteiger partial charge >= 0.3 is 5.97 Å². The molecule has 0 aliphatic carbocycles. The van der Waals surface area contributed by atoms with Crippen LogP contribution in [0.5, 0.6) is 11.5 Å². The molecule has 0 atom stereocenters. The first-order chi connectivity index (χ1) is 9.69. The largest absolute Gasteiger partial charge is 0.493 e. The van der Waals surface area contributed by atoms with Gasteiger partial charge in [0.25, 0.3) is 0 Å². The Bertz CT molecular complexity index is 457. The lowest BCUT2D eigenvalue weighted by Crippen LogP contribution is -2.02. The van der Waals surface area contributed by atoms with E-state index in [1.165, 1.54) is 6.08 Å². The smallest absolute Gasteiger partial charge is 0.328 e. The summed E-state index contributed by atoms with van der Waals surface area (Å²) in [5.74, 6) is 2.36. The van der Waals surface area contributed by atoms with Gasteiger partial charge in [-0.05, 0) is 30.1 Å². The maximum Gasteiger partial charge on any atom is 0.328 e. The number of aliphatic carboxylic acids is 1. The Morgan fingerprint density at radius 2 is 2.25 bits per heavy atom. The second kappa shape index (κ2) is 9.31. The minimum absolute atomic E-state index is 0.585. The molecule has 4 nitrogen and oxygen atoms in total. The van der Waals surface area contributed by atoms with Crippen molar-refractivity contribution in [1.29, 1.82) is 0 Å². The minimum Gasteiger partial charge on any atom is -0.493 e. The summed E-state index contributed by atoms with van der Waals surface area (Å²) in [7, 11) is 1.57. The molecule has 1 aromatic carbocycles. The Kier molecular flexibility index (Phi) is 7.65. The second-order valence-corrected chi connectivity index (χ2v) is 5.34. The van der Waals surface area contributed by atoms with Crippen LogP contribution in [-0.2, 0) is 4.79 Å². The van der Waals surface area contributed by atoms with Crippen LogP contribution in [0.2, 0.25) is 0 Å². The molecule has 20 heavy (non-hydrogen) atoms. The number of rotatable bonds is 9. The zero-order valence-corrected chi connectivity index (χ0v) is 12.6. The van der Waals surface area contributed by atoms with Crippen molar-refractivity contribution in [2.45, 2.75) is 13.3 Å². The van der Waals surface area contributed by atoms with Crippen LogP contribution in [0.15, 0.2) is 24.3 Å². The van der Waals surface area contributed by atoms with Gasteiger partial charge in [-0.15, -0.1) is 0 Å². The molecule has 0 amide bonds. The molecule has 110 valence electrons. The van der Waals surface area contributed by atoms with Gasteiger partial charge in [0.1, 0.15) is 0 Å². The number of benzene rings is 1. The zero-order valence-electron chi connectivity index (χ0n) is 11.8. The van der Waals surface area contributed by atoms with Crippen molar-refractivity contribution in [3.63, 3.8) is 0 Å². The number of para-hydroxylation sites is 1. The fourth-order valence-corrected chi connectivity index (χ4v) is 2.23. The van der Waals surface area contributed by atoms with E-state index in [0.29, 0.717) is 23.7 Å². The molecule has 0 aliphatic rings. The van der Waals surface area contributed by atoms with E-state index in [4.69, 9.17) is 14.6 Å². The van der Waals surface area contributed by atoms with Crippen molar-refractivity contribution in [2.75, 3.05) is 25.2 Å². The molecular formula is C15H20O4S. The van der Waals surface area contributed by atoms with Crippen LogP contribution in [0.3, 0.4) is 0 Å². The minimum atomic E-state index is -0.988. The fraction of sp³-hybridized carbons (Fsp3) is 0.400. The first-order valence-corrected chi connectivity index (χ1v) is 7.63. The summed E-state index contributed by atoms with van der Waals surface area (Å²) in [4.78, 5) is 10.6. The number of hydrogen-bond acceptors (Lipinski definition) is 4. The van der Waals surface area contributed by atoms with Crippen molar-refractivity contribution in [1.82, 2.24) is 0 Å². The maximum absolute atomic E-state index is 10.6. The summed E-state index contributed by atoms with van der Waals surface area (Å²) >= 11 is 1.87. The summed E-state index contributed by atoms with van der Waals surface area (Å²) in [5, 5.41) is 8.70. The van der Waals surface area contributed by atoms with E-state index in [2.05, 4.69) is 6.92 Å². The molecule has 1 aromatic rings. The van der Waals surface area contributed by atoms with Gasteiger partial charge in [-0.3, -0.25) is 0 Å². The second-order valence-electron chi connectivity index (χ2n) is 3.95. The predicted molar refractivity (Wildman–Crippen MR) is 82.8 cm³/mol. The molecule has 1 N–H and O–H groups in total. The van der Waals surface area contributed by atoms with Gasteiger partial charge in [0.15, 0.2) is 11.5 Å². The normalized spacial score (nSPS) is 10.7. The van der Waals surface area contributed by atoms with Gasteiger partial charge in [-0.2, -0.15) is 11.8 Å². The standard InChI is InChI=1S/C15H20O4S/c1-3-20-11-5-10-19-15-12(8-9-14(16)17)6-4-7-13(15)18-2/h4,6-9H,3,5,10-11H2,1-2H3,(H,16,17)/b9-8+. The molecule has 0 bridgehead atoms. The molecule has 0 radical (unpaired) electrons. The third kappa shape index (κ3) is 5.57. The van der Waals surface area contributed by atoms with Crippen molar-refractivity contribution < 1.29 is 19.4 Å². The van der Waals surface area contributed by atoms with Gasteiger partial charge in [0.05, 0.1) is 13.7 Å². The molecule has 0 fully saturated rings. The van der Waals surface area contributed by atoms with E-state index in [9.17, 15) is 4.79 Å². The average Bonchev–Trinajstić information content (AvgIpc) is 2.45. The zero-order chi connectivity index (χ0) is 14.8. The van der Waals surface area contributed by atoms with Crippen LogP contribution in [0.25, 0.3) is 6.08 Å². The number of methoxy groups -OCH3 is 1. The van der Waals surface area contributed by atoms with E-state index in [0.717, 1.165) is 24.0 Å². The number of hydrogen-bond donors (Lipinski definition) is 1. The van der Waals surface area contributed by atoms with Crippen LogP contribution >= 0.6 is 11.8 Å². The van der Waals surface area contributed by atoms with Gasteiger partial charge in [0.2, 0.25) is 0 Å². The Morgan fingerprint density at radius 1 is 1.45 bits per heavy atom. The van der Waals surface area contributed by atoms with Gasteiger partial charge in [-0.1, -0.05) is 19.1 Å². The lowest BCUT2D eigenvalue weighted by Gasteiger charge is -2.13.